The molecule has 1 aliphatic rings. The van der Waals surface area contributed by atoms with Gasteiger partial charge in [-0.15, -0.1) is 10.2 Å². The zero-order valence-corrected chi connectivity index (χ0v) is 15.1. The van der Waals surface area contributed by atoms with Gasteiger partial charge in [0.2, 0.25) is 5.89 Å². The topological polar surface area (TPSA) is 94.8 Å². The molecular weight excluding hydrogens is 362 g/mol. The number of aromatic nitrogens is 2. The molecule has 1 aliphatic heterocycles. The Balaban J connectivity index is 1.43. The van der Waals surface area contributed by atoms with Crippen molar-refractivity contribution in [1.82, 2.24) is 10.2 Å². The van der Waals surface area contributed by atoms with Crippen molar-refractivity contribution >= 4 is 17.6 Å². The van der Waals surface area contributed by atoms with Crippen LogP contribution in [0, 0.1) is 0 Å². The van der Waals surface area contributed by atoms with Gasteiger partial charge in [0.25, 0.3) is 11.8 Å². The summed E-state index contributed by atoms with van der Waals surface area (Å²) in [4.78, 5) is 25.9. The number of fused-ring (bicyclic) bond motifs is 1. The lowest BCUT2D eigenvalue weighted by Crippen LogP contribution is -2.42. The number of benzene rings is 2. The van der Waals surface area contributed by atoms with Crippen LogP contribution in [-0.4, -0.2) is 35.2 Å². The van der Waals surface area contributed by atoms with E-state index in [0.29, 0.717) is 17.3 Å². The first-order chi connectivity index (χ1) is 13.6. The maximum absolute atomic E-state index is 12.4. The van der Waals surface area contributed by atoms with Crippen LogP contribution < -0.4 is 9.64 Å². The molecule has 0 saturated heterocycles. The second-order valence-corrected chi connectivity index (χ2v) is 6.18. The minimum atomic E-state index is -0.746. The fourth-order valence-corrected chi connectivity index (χ4v) is 2.84. The van der Waals surface area contributed by atoms with Crippen molar-refractivity contribution in [3.05, 3.63) is 60.5 Å². The molecule has 0 unspecified atom stereocenters. The number of hydrogen-bond donors (Lipinski definition) is 0. The molecule has 142 valence electrons. The summed E-state index contributed by atoms with van der Waals surface area (Å²) >= 11 is 0. The summed E-state index contributed by atoms with van der Waals surface area (Å²) in [5, 5.41) is 7.93. The number of rotatable bonds is 5. The molecule has 28 heavy (non-hydrogen) atoms. The van der Waals surface area contributed by atoms with E-state index < -0.39 is 12.1 Å². The van der Waals surface area contributed by atoms with E-state index in [2.05, 4.69) is 10.2 Å². The first kappa shape index (κ1) is 17.7. The van der Waals surface area contributed by atoms with Gasteiger partial charge < -0.3 is 13.9 Å². The van der Waals surface area contributed by atoms with E-state index in [1.54, 1.807) is 31.2 Å². The van der Waals surface area contributed by atoms with E-state index in [-0.39, 0.29) is 24.9 Å². The molecule has 0 aliphatic carbocycles. The molecule has 0 fully saturated rings. The van der Waals surface area contributed by atoms with Gasteiger partial charge in [0, 0.05) is 5.56 Å². The fraction of sp³-hybridized carbons (Fsp3) is 0.200. The van der Waals surface area contributed by atoms with Gasteiger partial charge in [-0.25, -0.2) is 0 Å². The highest BCUT2D eigenvalue weighted by Crippen LogP contribution is 2.31. The second kappa shape index (κ2) is 7.51. The highest BCUT2D eigenvalue weighted by atomic mass is 16.6. The zero-order valence-electron chi connectivity index (χ0n) is 15.1. The van der Waals surface area contributed by atoms with Crippen molar-refractivity contribution in [3.8, 4) is 17.2 Å². The second-order valence-electron chi connectivity index (χ2n) is 6.18. The zero-order chi connectivity index (χ0) is 19.5. The molecule has 2 aromatic carbocycles. The highest BCUT2D eigenvalue weighted by molar-refractivity contribution is 6.01. The standard InChI is InChI=1S/C20H17N3O5/c1-13(19-21-22-20(28-19)14-7-3-2-4-8-14)27-18(25)11-23-15-9-5-6-10-16(15)26-12-17(23)24/h2-10,13H,11-12H2,1H3/t13-/m0/s1. The molecule has 1 amide bonds. The monoisotopic (exact) mass is 379 g/mol. The molecule has 0 radical (unpaired) electrons. The van der Waals surface area contributed by atoms with E-state index in [1.807, 2.05) is 30.3 Å². The van der Waals surface area contributed by atoms with E-state index >= 15 is 0 Å². The van der Waals surface area contributed by atoms with Gasteiger partial charge in [0.05, 0.1) is 5.69 Å². The van der Waals surface area contributed by atoms with Crippen LogP contribution in [0.2, 0.25) is 0 Å². The van der Waals surface area contributed by atoms with Crippen LogP contribution in [0.1, 0.15) is 18.9 Å². The maximum atomic E-state index is 12.4. The minimum Gasteiger partial charge on any atom is -0.482 e. The number of hydrogen-bond acceptors (Lipinski definition) is 7. The minimum absolute atomic E-state index is 0.121. The molecule has 8 nitrogen and oxygen atoms in total. The molecule has 1 atom stereocenters. The SMILES string of the molecule is C[C@H](OC(=O)CN1C(=O)COc2ccccc21)c1nnc(-c2ccccc2)o1. The molecule has 8 heteroatoms. The van der Waals surface area contributed by atoms with Crippen molar-refractivity contribution in [2.75, 3.05) is 18.1 Å². The van der Waals surface area contributed by atoms with Gasteiger partial charge in [0.15, 0.2) is 12.7 Å². The quantitative estimate of drug-likeness (QED) is 0.629. The maximum Gasteiger partial charge on any atom is 0.326 e. The molecule has 2 heterocycles. The summed E-state index contributed by atoms with van der Waals surface area (Å²) in [5.41, 5.74) is 1.31. The number of para-hydroxylation sites is 2. The van der Waals surface area contributed by atoms with Gasteiger partial charge in [-0.3, -0.25) is 14.5 Å². The van der Waals surface area contributed by atoms with Gasteiger partial charge in [-0.05, 0) is 31.2 Å². The van der Waals surface area contributed by atoms with E-state index in [1.165, 1.54) is 4.90 Å². The van der Waals surface area contributed by atoms with Gasteiger partial charge in [-0.1, -0.05) is 30.3 Å². The lowest BCUT2D eigenvalue weighted by Gasteiger charge is -2.28. The third kappa shape index (κ3) is 3.57. The number of amides is 1. The largest absolute Gasteiger partial charge is 0.482 e. The molecular formula is C20H17N3O5. The predicted octanol–water partition coefficient (Wildman–Crippen LogP) is 2.77. The first-order valence-electron chi connectivity index (χ1n) is 8.72. The number of carbonyl (C=O) groups is 2. The number of carbonyl (C=O) groups excluding carboxylic acids is 2. The summed E-state index contributed by atoms with van der Waals surface area (Å²) in [6.07, 6.45) is -0.746. The summed E-state index contributed by atoms with van der Waals surface area (Å²) in [7, 11) is 0. The van der Waals surface area contributed by atoms with Crippen LogP contribution in [-0.2, 0) is 14.3 Å². The number of ether oxygens (including phenoxy) is 2. The Kier molecular flexibility index (Phi) is 4.76. The lowest BCUT2D eigenvalue weighted by molar-refractivity contribution is -0.148. The summed E-state index contributed by atoms with van der Waals surface area (Å²) in [5.74, 6) is 0.175. The average molecular weight is 379 g/mol. The van der Waals surface area contributed by atoms with E-state index in [0.717, 1.165) is 5.56 Å². The van der Waals surface area contributed by atoms with Crippen molar-refractivity contribution in [2.24, 2.45) is 0 Å². The Bertz CT molecular complexity index is 1000. The smallest absolute Gasteiger partial charge is 0.326 e. The molecule has 4 rings (SSSR count). The van der Waals surface area contributed by atoms with Crippen LogP contribution in [0.25, 0.3) is 11.5 Å². The third-order valence-corrected chi connectivity index (χ3v) is 4.21. The van der Waals surface area contributed by atoms with Crippen LogP contribution >= 0.6 is 0 Å². The Hall–Kier alpha value is -3.68. The summed E-state index contributed by atoms with van der Waals surface area (Å²) in [6, 6.07) is 16.3. The van der Waals surface area contributed by atoms with Crippen LogP contribution in [0.3, 0.4) is 0 Å². The van der Waals surface area contributed by atoms with E-state index in [4.69, 9.17) is 13.9 Å². The van der Waals surface area contributed by atoms with Crippen molar-refractivity contribution in [3.63, 3.8) is 0 Å². The summed E-state index contributed by atoms with van der Waals surface area (Å²) < 4.78 is 16.3. The third-order valence-electron chi connectivity index (χ3n) is 4.21. The molecule has 3 aromatic rings. The fourth-order valence-electron chi connectivity index (χ4n) is 2.84. The van der Waals surface area contributed by atoms with Crippen molar-refractivity contribution in [2.45, 2.75) is 13.0 Å². The lowest BCUT2D eigenvalue weighted by atomic mass is 10.2. The van der Waals surface area contributed by atoms with Gasteiger partial charge >= 0.3 is 5.97 Å². The highest BCUT2D eigenvalue weighted by Gasteiger charge is 2.28. The summed E-state index contributed by atoms with van der Waals surface area (Å²) in [6.45, 7) is 1.28. The number of esters is 1. The predicted molar refractivity (Wildman–Crippen MR) is 98.5 cm³/mol. The van der Waals surface area contributed by atoms with Gasteiger partial charge in [0.1, 0.15) is 12.3 Å². The average Bonchev–Trinajstić information content (AvgIpc) is 3.21. The Morgan fingerprint density at radius 3 is 2.71 bits per heavy atom. The molecule has 1 aromatic heterocycles. The van der Waals surface area contributed by atoms with Crippen molar-refractivity contribution in [1.29, 1.82) is 0 Å². The van der Waals surface area contributed by atoms with Gasteiger partial charge in [-0.2, -0.15) is 0 Å². The molecule has 0 bridgehead atoms. The Morgan fingerprint density at radius 1 is 1.14 bits per heavy atom. The van der Waals surface area contributed by atoms with Crippen LogP contribution in [0.5, 0.6) is 5.75 Å². The number of nitrogens with zero attached hydrogens (tertiary/aromatic N) is 3. The molecule has 0 spiro atoms. The molecule has 0 saturated carbocycles. The first-order valence-corrected chi connectivity index (χ1v) is 8.72. The normalized spacial score (nSPS) is 14.2. The van der Waals surface area contributed by atoms with E-state index in [9.17, 15) is 9.59 Å². The Morgan fingerprint density at radius 2 is 1.89 bits per heavy atom. The molecule has 0 N–H and O–H groups in total. The van der Waals surface area contributed by atoms with Crippen LogP contribution in [0.15, 0.2) is 59.0 Å². The Labute approximate surface area is 160 Å². The number of anilines is 1. The van der Waals surface area contributed by atoms with Crippen LogP contribution in [0.4, 0.5) is 5.69 Å². The van der Waals surface area contributed by atoms with Crippen molar-refractivity contribution < 1.29 is 23.5 Å².